The minimum Gasteiger partial charge on any atom is -0.497 e. The summed E-state index contributed by atoms with van der Waals surface area (Å²) in [6.07, 6.45) is -3.72. The molecule has 3 nitrogen and oxygen atoms in total. The fourth-order valence-electron chi connectivity index (χ4n) is 2.42. The Morgan fingerprint density at radius 3 is 2.58 bits per heavy atom. The predicted molar refractivity (Wildman–Crippen MR) is 98.7 cm³/mol. The van der Waals surface area contributed by atoms with Crippen LogP contribution in [-0.4, -0.2) is 20.3 Å². The third kappa shape index (κ3) is 6.21. The summed E-state index contributed by atoms with van der Waals surface area (Å²) >= 11 is 3.08. The second-order valence-electron chi connectivity index (χ2n) is 5.83. The molecule has 0 bridgehead atoms. The smallest absolute Gasteiger partial charge is 0.416 e. The van der Waals surface area contributed by atoms with Crippen LogP contribution in [0.3, 0.4) is 0 Å². The fourth-order valence-corrected chi connectivity index (χ4v) is 2.89. The summed E-state index contributed by atoms with van der Waals surface area (Å²) in [4.78, 5) is 0. The number of hydrogen-bond acceptors (Lipinski definition) is 3. The minimum atomic E-state index is -4.39. The van der Waals surface area contributed by atoms with Crippen LogP contribution in [0.15, 0.2) is 46.9 Å². The standard InChI is InChI=1S/C19H21BrF3NO2/c1-13(14-5-3-6-17(9-14)25-2)24-7-4-8-26-18-11-15(19(21,22)23)10-16(20)12-18/h3,5-6,9-13,24H,4,7-8H2,1-2H3/t13-/m1/s1. The predicted octanol–water partition coefficient (Wildman–Crippen LogP) is 5.60. The quantitative estimate of drug-likeness (QED) is 0.552. The number of nitrogens with one attached hydrogen (secondary N) is 1. The third-order valence-electron chi connectivity index (χ3n) is 3.83. The Morgan fingerprint density at radius 2 is 1.88 bits per heavy atom. The van der Waals surface area contributed by atoms with E-state index in [1.54, 1.807) is 7.11 Å². The van der Waals surface area contributed by atoms with E-state index in [2.05, 4.69) is 21.2 Å². The molecule has 0 aliphatic heterocycles. The highest BCUT2D eigenvalue weighted by Crippen LogP contribution is 2.34. The van der Waals surface area contributed by atoms with Gasteiger partial charge in [0.25, 0.3) is 0 Å². The zero-order valence-corrected chi connectivity index (χ0v) is 16.2. The van der Waals surface area contributed by atoms with Gasteiger partial charge >= 0.3 is 6.18 Å². The first kappa shape index (κ1) is 20.6. The molecule has 0 aliphatic rings. The lowest BCUT2D eigenvalue weighted by molar-refractivity contribution is -0.137. The lowest BCUT2D eigenvalue weighted by Gasteiger charge is -2.15. The zero-order valence-electron chi connectivity index (χ0n) is 14.6. The van der Waals surface area contributed by atoms with E-state index in [1.165, 1.54) is 6.07 Å². The van der Waals surface area contributed by atoms with Gasteiger partial charge in [0, 0.05) is 10.5 Å². The Hall–Kier alpha value is -1.73. The molecule has 0 unspecified atom stereocenters. The van der Waals surface area contributed by atoms with Gasteiger partial charge in [-0.2, -0.15) is 13.2 Å². The first-order valence-electron chi connectivity index (χ1n) is 8.17. The molecule has 0 saturated heterocycles. The van der Waals surface area contributed by atoms with Gasteiger partial charge in [0.1, 0.15) is 11.5 Å². The largest absolute Gasteiger partial charge is 0.497 e. The molecule has 0 aromatic heterocycles. The summed E-state index contributed by atoms with van der Waals surface area (Å²) in [6, 6.07) is 11.5. The van der Waals surface area contributed by atoms with Crippen LogP contribution >= 0.6 is 15.9 Å². The van der Waals surface area contributed by atoms with Crippen molar-refractivity contribution in [2.75, 3.05) is 20.3 Å². The van der Waals surface area contributed by atoms with Crippen molar-refractivity contribution in [3.8, 4) is 11.5 Å². The highest BCUT2D eigenvalue weighted by molar-refractivity contribution is 9.10. The monoisotopic (exact) mass is 431 g/mol. The van der Waals surface area contributed by atoms with Crippen molar-refractivity contribution < 1.29 is 22.6 Å². The molecule has 0 spiro atoms. The molecule has 0 aliphatic carbocycles. The summed E-state index contributed by atoms with van der Waals surface area (Å²) in [5, 5.41) is 3.36. The summed E-state index contributed by atoms with van der Waals surface area (Å²) in [6.45, 7) is 3.05. The van der Waals surface area contributed by atoms with E-state index in [9.17, 15) is 13.2 Å². The normalized spacial score (nSPS) is 12.7. The average Bonchev–Trinajstić information content (AvgIpc) is 2.60. The number of halogens is 4. The lowest BCUT2D eigenvalue weighted by atomic mass is 10.1. The molecule has 7 heteroatoms. The molecular weight excluding hydrogens is 411 g/mol. The summed E-state index contributed by atoms with van der Waals surface area (Å²) in [5.41, 5.74) is 0.374. The Balaban J connectivity index is 1.79. The van der Waals surface area contributed by atoms with Crippen LogP contribution in [0, 0.1) is 0 Å². The molecule has 0 saturated carbocycles. The molecule has 0 radical (unpaired) electrons. The summed E-state index contributed by atoms with van der Waals surface area (Å²) in [7, 11) is 1.63. The summed E-state index contributed by atoms with van der Waals surface area (Å²) < 4.78 is 49.4. The first-order chi connectivity index (χ1) is 12.3. The highest BCUT2D eigenvalue weighted by atomic mass is 79.9. The average molecular weight is 432 g/mol. The van der Waals surface area contributed by atoms with E-state index in [0.717, 1.165) is 23.4 Å². The van der Waals surface area contributed by atoms with Crippen molar-refractivity contribution in [2.24, 2.45) is 0 Å². The van der Waals surface area contributed by atoms with Gasteiger partial charge in [-0.25, -0.2) is 0 Å². The fraction of sp³-hybridized carbons (Fsp3) is 0.368. The molecule has 0 amide bonds. The van der Waals surface area contributed by atoms with Crippen LogP contribution in [0.1, 0.15) is 30.5 Å². The molecule has 2 aromatic carbocycles. The van der Waals surface area contributed by atoms with Gasteiger partial charge in [0.15, 0.2) is 0 Å². The van der Waals surface area contributed by atoms with Gasteiger partial charge in [-0.05, 0) is 55.8 Å². The van der Waals surface area contributed by atoms with Crippen LogP contribution in [0.2, 0.25) is 0 Å². The molecule has 0 fully saturated rings. The van der Waals surface area contributed by atoms with Crippen LogP contribution in [0.25, 0.3) is 0 Å². The molecule has 142 valence electrons. The van der Waals surface area contributed by atoms with Crippen LogP contribution in [0.5, 0.6) is 11.5 Å². The Bertz CT molecular complexity index is 722. The maximum absolute atomic E-state index is 12.8. The van der Waals surface area contributed by atoms with E-state index in [-0.39, 0.29) is 11.8 Å². The summed E-state index contributed by atoms with van der Waals surface area (Å²) in [5.74, 6) is 1.00. The lowest BCUT2D eigenvalue weighted by Crippen LogP contribution is -2.21. The number of benzene rings is 2. The number of rotatable bonds is 8. The number of hydrogen-bond donors (Lipinski definition) is 1. The van der Waals surface area contributed by atoms with Gasteiger partial charge in [0.2, 0.25) is 0 Å². The number of methoxy groups -OCH3 is 1. The van der Waals surface area contributed by atoms with E-state index in [4.69, 9.17) is 9.47 Å². The van der Waals surface area contributed by atoms with E-state index >= 15 is 0 Å². The molecule has 2 rings (SSSR count). The van der Waals surface area contributed by atoms with Gasteiger partial charge in [-0.1, -0.05) is 28.1 Å². The highest BCUT2D eigenvalue weighted by Gasteiger charge is 2.31. The van der Waals surface area contributed by atoms with Gasteiger partial charge in [0.05, 0.1) is 19.3 Å². The van der Waals surface area contributed by atoms with E-state index in [0.29, 0.717) is 24.0 Å². The van der Waals surface area contributed by atoms with Crippen molar-refractivity contribution in [1.29, 1.82) is 0 Å². The molecule has 1 atom stereocenters. The van der Waals surface area contributed by atoms with E-state index in [1.807, 2.05) is 31.2 Å². The number of ether oxygens (including phenoxy) is 2. The first-order valence-corrected chi connectivity index (χ1v) is 8.97. The third-order valence-corrected chi connectivity index (χ3v) is 4.29. The van der Waals surface area contributed by atoms with E-state index < -0.39 is 11.7 Å². The van der Waals surface area contributed by atoms with Crippen molar-refractivity contribution in [1.82, 2.24) is 5.32 Å². The van der Waals surface area contributed by atoms with Crippen LogP contribution < -0.4 is 14.8 Å². The molecule has 2 aromatic rings. The van der Waals surface area contributed by atoms with Crippen molar-refractivity contribution in [3.05, 3.63) is 58.1 Å². The maximum Gasteiger partial charge on any atom is 0.416 e. The number of alkyl halides is 3. The van der Waals surface area contributed by atoms with Gasteiger partial charge in [-0.15, -0.1) is 0 Å². The van der Waals surface area contributed by atoms with Crippen molar-refractivity contribution >= 4 is 15.9 Å². The molecule has 1 N–H and O–H groups in total. The van der Waals surface area contributed by atoms with Gasteiger partial charge in [-0.3, -0.25) is 0 Å². The Kier molecular flexibility index (Phi) is 7.34. The molecule has 0 heterocycles. The second-order valence-corrected chi connectivity index (χ2v) is 6.74. The SMILES string of the molecule is COc1cccc([C@@H](C)NCCCOc2cc(Br)cc(C(F)(F)F)c2)c1. The van der Waals surface area contributed by atoms with Crippen molar-refractivity contribution in [3.63, 3.8) is 0 Å². The Labute approximate surface area is 159 Å². The minimum absolute atomic E-state index is 0.132. The topological polar surface area (TPSA) is 30.5 Å². The molecular formula is C19H21BrF3NO2. The van der Waals surface area contributed by atoms with Gasteiger partial charge < -0.3 is 14.8 Å². The van der Waals surface area contributed by atoms with Crippen LogP contribution in [0.4, 0.5) is 13.2 Å². The Morgan fingerprint density at radius 1 is 1.12 bits per heavy atom. The second kappa shape index (κ2) is 9.28. The molecule has 26 heavy (non-hydrogen) atoms. The van der Waals surface area contributed by atoms with Crippen molar-refractivity contribution in [2.45, 2.75) is 25.6 Å². The maximum atomic E-state index is 12.8. The van der Waals surface area contributed by atoms with Crippen LogP contribution in [-0.2, 0) is 6.18 Å². The zero-order chi connectivity index (χ0) is 19.2.